The molecule has 1 aromatic heterocycles. The fourth-order valence-corrected chi connectivity index (χ4v) is 2.68. The predicted molar refractivity (Wildman–Crippen MR) is 71.2 cm³/mol. The molecule has 1 aromatic rings. The van der Waals surface area contributed by atoms with Crippen LogP contribution in [0.15, 0.2) is 12.4 Å². The predicted octanol–water partition coefficient (Wildman–Crippen LogP) is 0.919. The molecule has 3 atom stereocenters. The summed E-state index contributed by atoms with van der Waals surface area (Å²) in [6, 6.07) is 0.321. The largest absolute Gasteiger partial charge is 0.376 e. The summed E-state index contributed by atoms with van der Waals surface area (Å²) in [4.78, 5) is 2.43. The minimum absolute atomic E-state index is 0.0878. The van der Waals surface area contributed by atoms with Crippen molar-refractivity contribution in [1.29, 1.82) is 0 Å². The summed E-state index contributed by atoms with van der Waals surface area (Å²) in [7, 11) is 1.94. The molecule has 0 saturated carbocycles. The Hall–Kier alpha value is -0.910. The van der Waals surface area contributed by atoms with E-state index < -0.39 is 0 Å². The van der Waals surface area contributed by atoms with Crippen molar-refractivity contribution in [2.24, 2.45) is 12.8 Å². The zero-order valence-electron chi connectivity index (χ0n) is 11.5. The van der Waals surface area contributed by atoms with Crippen LogP contribution in [0.2, 0.25) is 0 Å². The molecule has 2 heterocycles. The standard InChI is InChI=1S/C13H24N4O/c1-4-12-9-17(5-6-18-12)13(10(2)14)11-7-15-16(3)8-11/h7-8,10,12-13H,4-6,9,14H2,1-3H3. The van der Waals surface area contributed by atoms with E-state index in [2.05, 4.69) is 30.0 Å². The smallest absolute Gasteiger partial charge is 0.0700 e. The molecule has 5 heteroatoms. The van der Waals surface area contributed by atoms with Crippen molar-refractivity contribution in [3.8, 4) is 0 Å². The van der Waals surface area contributed by atoms with Crippen molar-refractivity contribution in [1.82, 2.24) is 14.7 Å². The topological polar surface area (TPSA) is 56.3 Å². The van der Waals surface area contributed by atoms with Crippen LogP contribution >= 0.6 is 0 Å². The minimum atomic E-state index is 0.0878. The van der Waals surface area contributed by atoms with Crippen molar-refractivity contribution in [3.05, 3.63) is 18.0 Å². The molecule has 0 radical (unpaired) electrons. The van der Waals surface area contributed by atoms with Gasteiger partial charge in [-0.05, 0) is 13.3 Å². The number of aromatic nitrogens is 2. The van der Waals surface area contributed by atoms with Gasteiger partial charge in [0.15, 0.2) is 0 Å². The Bertz CT molecular complexity index is 377. The maximum absolute atomic E-state index is 6.18. The third-order valence-electron chi connectivity index (χ3n) is 3.58. The van der Waals surface area contributed by atoms with Crippen molar-refractivity contribution >= 4 is 0 Å². The summed E-state index contributed by atoms with van der Waals surface area (Å²) in [6.07, 6.45) is 5.36. The summed E-state index contributed by atoms with van der Waals surface area (Å²) in [5.41, 5.74) is 7.37. The van der Waals surface area contributed by atoms with Gasteiger partial charge in [0.1, 0.15) is 0 Å². The number of nitrogens with two attached hydrogens (primary N) is 1. The molecule has 1 aliphatic heterocycles. The van der Waals surface area contributed by atoms with Gasteiger partial charge < -0.3 is 10.5 Å². The van der Waals surface area contributed by atoms with Crippen LogP contribution in [0.3, 0.4) is 0 Å². The van der Waals surface area contributed by atoms with Gasteiger partial charge in [0.05, 0.1) is 24.9 Å². The number of ether oxygens (including phenoxy) is 1. The number of rotatable bonds is 4. The van der Waals surface area contributed by atoms with E-state index >= 15 is 0 Å². The first-order valence-electron chi connectivity index (χ1n) is 6.71. The van der Waals surface area contributed by atoms with Crippen molar-refractivity contribution < 1.29 is 4.74 Å². The Balaban J connectivity index is 2.14. The van der Waals surface area contributed by atoms with Crippen LogP contribution in [0.5, 0.6) is 0 Å². The molecule has 102 valence electrons. The first kappa shape index (κ1) is 13.5. The van der Waals surface area contributed by atoms with Crippen molar-refractivity contribution in [2.45, 2.75) is 38.5 Å². The highest BCUT2D eigenvalue weighted by Gasteiger charge is 2.29. The van der Waals surface area contributed by atoms with E-state index in [0.29, 0.717) is 6.10 Å². The third kappa shape index (κ3) is 2.91. The second kappa shape index (κ2) is 5.82. The number of nitrogens with zero attached hydrogens (tertiary/aromatic N) is 3. The second-order valence-electron chi connectivity index (χ2n) is 5.15. The van der Waals surface area contributed by atoms with Crippen LogP contribution in [0.25, 0.3) is 0 Å². The molecule has 1 aliphatic rings. The monoisotopic (exact) mass is 252 g/mol. The van der Waals surface area contributed by atoms with Gasteiger partial charge in [0, 0.05) is 37.9 Å². The van der Waals surface area contributed by atoms with Crippen molar-refractivity contribution in [3.63, 3.8) is 0 Å². The summed E-state index contributed by atoms with van der Waals surface area (Å²) in [5.74, 6) is 0. The first-order chi connectivity index (χ1) is 8.61. The number of hydrogen-bond acceptors (Lipinski definition) is 4. The summed E-state index contributed by atoms with van der Waals surface area (Å²) < 4.78 is 7.56. The highest BCUT2D eigenvalue weighted by atomic mass is 16.5. The van der Waals surface area contributed by atoms with E-state index in [9.17, 15) is 0 Å². The molecule has 2 N–H and O–H groups in total. The Kier molecular flexibility index (Phi) is 4.37. The van der Waals surface area contributed by atoms with E-state index in [1.54, 1.807) is 0 Å². The summed E-state index contributed by atoms with van der Waals surface area (Å²) in [5, 5.41) is 4.26. The molecule has 0 bridgehead atoms. The van der Waals surface area contributed by atoms with Gasteiger partial charge in [0.2, 0.25) is 0 Å². The molecule has 2 rings (SSSR count). The van der Waals surface area contributed by atoms with Gasteiger partial charge in [0.25, 0.3) is 0 Å². The molecule has 3 unspecified atom stereocenters. The molecule has 0 aliphatic carbocycles. The normalized spacial score (nSPS) is 25.0. The summed E-state index contributed by atoms with van der Waals surface area (Å²) >= 11 is 0. The Morgan fingerprint density at radius 3 is 2.94 bits per heavy atom. The zero-order chi connectivity index (χ0) is 13.1. The van der Waals surface area contributed by atoms with Gasteiger partial charge in [-0.15, -0.1) is 0 Å². The molecule has 1 fully saturated rings. The maximum atomic E-state index is 6.18. The Morgan fingerprint density at radius 2 is 2.39 bits per heavy atom. The van der Waals surface area contributed by atoms with Gasteiger partial charge in [-0.25, -0.2) is 0 Å². The van der Waals surface area contributed by atoms with Gasteiger partial charge in [-0.3, -0.25) is 9.58 Å². The average molecular weight is 252 g/mol. The van der Waals surface area contributed by atoms with E-state index in [0.717, 1.165) is 26.1 Å². The van der Waals surface area contributed by atoms with E-state index in [-0.39, 0.29) is 12.1 Å². The Morgan fingerprint density at radius 1 is 1.61 bits per heavy atom. The van der Waals surface area contributed by atoms with E-state index in [4.69, 9.17) is 10.5 Å². The van der Waals surface area contributed by atoms with Gasteiger partial charge in [-0.2, -0.15) is 5.10 Å². The van der Waals surface area contributed by atoms with Crippen LogP contribution < -0.4 is 5.73 Å². The Labute approximate surface area is 109 Å². The first-order valence-corrected chi connectivity index (χ1v) is 6.71. The summed E-state index contributed by atoms with van der Waals surface area (Å²) in [6.45, 7) is 6.92. The average Bonchev–Trinajstić information content (AvgIpc) is 2.75. The molecule has 0 amide bonds. The van der Waals surface area contributed by atoms with Crippen LogP contribution in [0.4, 0.5) is 0 Å². The molecular formula is C13H24N4O. The number of hydrogen-bond donors (Lipinski definition) is 1. The molecule has 0 aromatic carbocycles. The second-order valence-corrected chi connectivity index (χ2v) is 5.15. The van der Waals surface area contributed by atoms with Crippen LogP contribution in [0, 0.1) is 0 Å². The van der Waals surface area contributed by atoms with Gasteiger partial charge in [-0.1, -0.05) is 6.92 Å². The molecular weight excluding hydrogens is 228 g/mol. The third-order valence-corrected chi connectivity index (χ3v) is 3.58. The molecule has 18 heavy (non-hydrogen) atoms. The lowest BCUT2D eigenvalue weighted by molar-refractivity contribution is -0.0477. The minimum Gasteiger partial charge on any atom is -0.376 e. The number of morpholine rings is 1. The van der Waals surface area contributed by atoms with E-state index in [1.807, 2.05) is 17.9 Å². The zero-order valence-corrected chi connectivity index (χ0v) is 11.5. The molecule has 0 spiro atoms. The highest BCUT2D eigenvalue weighted by Crippen LogP contribution is 2.25. The van der Waals surface area contributed by atoms with Gasteiger partial charge >= 0.3 is 0 Å². The fourth-order valence-electron chi connectivity index (χ4n) is 2.68. The van der Waals surface area contributed by atoms with E-state index in [1.165, 1.54) is 5.56 Å². The number of aryl methyl sites for hydroxylation is 1. The lowest BCUT2D eigenvalue weighted by Crippen LogP contribution is -2.48. The van der Waals surface area contributed by atoms with Crippen LogP contribution in [-0.2, 0) is 11.8 Å². The lowest BCUT2D eigenvalue weighted by atomic mass is 10.0. The molecule has 5 nitrogen and oxygen atoms in total. The fraction of sp³-hybridized carbons (Fsp3) is 0.769. The quantitative estimate of drug-likeness (QED) is 0.865. The van der Waals surface area contributed by atoms with Crippen LogP contribution in [-0.4, -0.2) is 46.5 Å². The SMILES string of the molecule is CCC1CN(C(c2cnn(C)c2)C(C)N)CCO1. The van der Waals surface area contributed by atoms with Crippen LogP contribution in [0.1, 0.15) is 31.9 Å². The molecule has 1 saturated heterocycles. The lowest BCUT2D eigenvalue weighted by Gasteiger charge is -2.39. The highest BCUT2D eigenvalue weighted by molar-refractivity contribution is 5.13. The van der Waals surface area contributed by atoms with Crippen molar-refractivity contribution in [2.75, 3.05) is 19.7 Å². The maximum Gasteiger partial charge on any atom is 0.0700 e.